The van der Waals surface area contributed by atoms with Crippen LogP contribution in [-0.2, 0) is 16.0 Å². The maximum absolute atomic E-state index is 12.5. The number of aryl methyl sites for hydroxylation is 1. The molecule has 0 aliphatic carbocycles. The summed E-state index contributed by atoms with van der Waals surface area (Å²) in [5.74, 6) is -0.675. The molecule has 31 heavy (non-hydrogen) atoms. The number of nitro groups is 1. The first-order chi connectivity index (χ1) is 14.8. The van der Waals surface area contributed by atoms with Gasteiger partial charge in [-0.1, -0.05) is 48.0 Å². The molecule has 0 unspecified atom stereocenters. The molecule has 1 fully saturated rings. The van der Waals surface area contributed by atoms with Gasteiger partial charge in [-0.05, 0) is 41.5 Å². The lowest BCUT2D eigenvalue weighted by molar-refractivity contribution is -0.384. The van der Waals surface area contributed by atoms with E-state index in [-0.39, 0.29) is 34.6 Å². The van der Waals surface area contributed by atoms with Crippen molar-refractivity contribution in [3.63, 3.8) is 0 Å². The monoisotopic (exact) mass is 459 g/mol. The van der Waals surface area contributed by atoms with E-state index in [1.807, 2.05) is 30.3 Å². The number of carbonyl (C=O) groups is 3. The van der Waals surface area contributed by atoms with Gasteiger partial charge in [-0.2, -0.15) is 0 Å². The predicted molar refractivity (Wildman–Crippen MR) is 119 cm³/mol. The van der Waals surface area contributed by atoms with E-state index < -0.39 is 16.1 Å². The third-order valence-electron chi connectivity index (χ3n) is 4.48. The van der Waals surface area contributed by atoms with E-state index in [9.17, 15) is 24.5 Å². The Kier molecular flexibility index (Phi) is 7.43. The van der Waals surface area contributed by atoms with Crippen LogP contribution >= 0.6 is 23.4 Å². The third kappa shape index (κ3) is 5.93. The van der Waals surface area contributed by atoms with Crippen LogP contribution in [-0.4, -0.2) is 40.0 Å². The average molecular weight is 460 g/mol. The molecular weight excluding hydrogens is 442 g/mol. The maximum atomic E-state index is 12.5. The maximum Gasteiger partial charge on any atom is 0.293 e. The number of nitrogens with zero attached hydrogens (tertiary/aromatic N) is 2. The summed E-state index contributed by atoms with van der Waals surface area (Å²) in [5, 5.41) is 13.2. The summed E-state index contributed by atoms with van der Waals surface area (Å²) in [4.78, 5) is 48.3. The van der Waals surface area contributed by atoms with Crippen LogP contribution < -0.4 is 5.32 Å². The van der Waals surface area contributed by atoms with Gasteiger partial charge < -0.3 is 5.32 Å². The number of hydrogen-bond donors (Lipinski definition) is 1. The van der Waals surface area contributed by atoms with Crippen molar-refractivity contribution in [3.05, 3.63) is 79.7 Å². The van der Waals surface area contributed by atoms with Crippen LogP contribution in [0.1, 0.15) is 17.5 Å². The Balaban J connectivity index is 1.54. The molecule has 0 radical (unpaired) electrons. The highest BCUT2D eigenvalue weighted by molar-refractivity contribution is 8.18. The molecule has 160 valence electrons. The van der Waals surface area contributed by atoms with E-state index in [1.165, 1.54) is 24.3 Å². The number of nitro benzene ring substituents is 1. The van der Waals surface area contributed by atoms with Crippen LogP contribution in [0.2, 0.25) is 5.02 Å². The molecule has 1 aliphatic heterocycles. The predicted octanol–water partition coefficient (Wildman–Crippen LogP) is 4.03. The van der Waals surface area contributed by atoms with Gasteiger partial charge in [-0.25, -0.2) is 0 Å². The van der Waals surface area contributed by atoms with Crippen LogP contribution in [0.4, 0.5) is 10.5 Å². The van der Waals surface area contributed by atoms with Gasteiger partial charge >= 0.3 is 0 Å². The molecule has 2 aromatic carbocycles. The Morgan fingerprint density at radius 2 is 1.94 bits per heavy atom. The molecule has 0 atom stereocenters. The van der Waals surface area contributed by atoms with Crippen molar-refractivity contribution in [1.82, 2.24) is 10.2 Å². The van der Waals surface area contributed by atoms with Crippen molar-refractivity contribution in [2.75, 3.05) is 13.1 Å². The third-order valence-corrected chi connectivity index (χ3v) is 5.71. The normalized spacial score (nSPS) is 14.9. The molecule has 1 N–H and O–H groups in total. The first-order valence-corrected chi connectivity index (χ1v) is 10.5. The van der Waals surface area contributed by atoms with Crippen LogP contribution in [0.25, 0.3) is 6.08 Å². The number of benzene rings is 2. The minimum absolute atomic E-state index is 0.0155. The molecule has 10 heteroatoms. The molecule has 3 rings (SSSR count). The van der Waals surface area contributed by atoms with Gasteiger partial charge in [0.25, 0.3) is 16.8 Å². The van der Waals surface area contributed by atoms with E-state index in [0.717, 1.165) is 22.2 Å². The SMILES string of the molecule is O=C(CCc1ccccc1)NCCN1C(=O)S/C(=C\c2ccc(Cl)c([N+](=O)[O-])c2)C1=O. The molecule has 8 nitrogen and oxygen atoms in total. The lowest BCUT2D eigenvalue weighted by Gasteiger charge is -2.13. The lowest BCUT2D eigenvalue weighted by atomic mass is 10.1. The van der Waals surface area contributed by atoms with Crippen molar-refractivity contribution in [2.45, 2.75) is 12.8 Å². The Hall–Kier alpha value is -3.17. The van der Waals surface area contributed by atoms with E-state index in [4.69, 9.17) is 11.6 Å². The summed E-state index contributed by atoms with van der Waals surface area (Å²) in [7, 11) is 0. The van der Waals surface area contributed by atoms with E-state index in [2.05, 4.69) is 5.32 Å². The number of rotatable bonds is 8. The fraction of sp³-hybridized carbons (Fsp3) is 0.190. The number of nitrogens with one attached hydrogen (secondary N) is 1. The van der Waals surface area contributed by atoms with Gasteiger partial charge in [-0.15, -0.1) is 0 Å². The van der Waals surface area contributed by atoms with Crippen molar-refractivity contribution in [3.8, 4) is 0 Å². The fourth-order valence-electron chi connectivity index (χ4n) is 2.90. The van der Waals surface area contributed by atoms with Crippen LogP contribution in [0.3, 0.4) is 0 Å². The molecule has 1 aliphatic rings. The molecule has 1 heterocycles. The molecule has 2 aromatic rings. The second kappa shape index (κ2) is 10.2. The fourth-order valence-corrected chi connectivity index (χ4v) is 3.95. The average Bonchev–Trinajstić information content (AvgIpc) is 3.01. The molecule has 0 saturated carbocycles. The molecule has 0 spiro atoms. The first-order valence-electron chi connectivity index (χ1n) is 9.35. The summed E-state index contributed by atoms with van der Waals surface area (Å²) in [6.45, 7) is 0.186. The van der Waals surface area contributed by atoms with Gasteiger partial charge in [0, 0.05) is 25.6 Å². The Labute approximate surface area is 187 Å². The van der Waals surface area contributed by atoms with Crippen LogP contribution in [0, 0.1) is 10.1 Å². The van der Waals surface area contributed by atoms with Gasteiger partial charge in [-0.3, -0.25) is 29.4 Å². The highest BCUT2D eigenvalue weighted by Gasteiger charge is 2.34. The van der Waals surface area contributed by atoms with Crippen molar-refractivity contribution in [1.29, 1.82) is 0 Å². The number of halogens is 1. The molecule has 0 aromatic heterocycles. The Bertz CT molecular complexity index is 1060. The van der Waals surface area contributed by atoms with E-state index in [1.54, 1.807) is 0 Å². The number of thioether (sulfide) groups is 1. The van der Waals surface area contributed by atoms with Crippen LogP contribution in [0.15, 0.2) is 53.4 Å². The van der Waals surface area contributed by atoms with Crippen LogP contribution in [0.5, 0.6) is 0 Å². The first kappa shape index (κ1) is 22.5. The van der Waals surface area contributed by atoms with Crippen molar-refractivity contribution < 1.29 is 19.3 Å². The van der Waals surface area contributed by atoms with Gasteiger partial charge in [0.15, 0.2) is 0 Å². The molecule has 1 saturated heterocycles. The Morgan fingerprint density at radius 1 is 1.19 bits per heavy atom. The summed E-state index contributed by atoms with van der Waals surface area (Å²) in [6, 6.07) is 13.7. The summed E-state index contributed by atoms with van der Waals surface area (Å²) >= 11 is 6.54. The number of hydrogen-bond acceptors (Lipinski definition) is 6. The summed E-state index contributed by atoms with van der Waals surface area (Å²) in [5.41, 5.74) is 1.15. The quantitative estimate of drug-likeness (QED) is 0.362. The zero-order valence-corrected chi connectivity index (χ0v) is 17.8. The number of imide groups is 1. The minimum atomic E-state index is -0.619. The Morgan fingerprint density at radius 3 is 2.65 bits per heavy atom. The topological polar surface area (TPSA) is 110 Å². The van der Waals surface area contributed by atoms with Gasteiger partial charge in [0.05, 0.1) is 9.83 Å². The smallest absolute Gasteiger partial charge is 0.293 e. The largest absolute Gasteiger partial charge is 0.354 e. The number of carbonyl (C=O) groups excluding carboxylic acids is 3. The lowest BCUT2D eigenvalue weighted by Crippen LogP contribution is -2.37. The second-order valence-corrected chi connectivity index (χ2v) is 8.04. The summed E-state index contributed by atoms with van der Waals surface area (Å²) in [6.07, 6.45) is 2.32. The van der Waals surface area contributed by atoms with Crippen molar-refractivity contribution in [2.24, 2.45) is 0 Å². The molecule has 3 amide bonds. The van der Waals surface area contributed by atoms with Gasteiger partial charge in [0.1, 0.15) is 5.02 Å². The van der Waals surface area contributed by atoms with E-state index in [0.29, 0.717) is 18.4 Å². The second-order valence-electron chi connectivity index (χ2n) is 6.64. The summed E-state index contributed by atoms with van der Waals surface area (Å²) < 4.78 is 0. The van der Waals surface area contributed by atoms with Gasteiger partial charge in [0.2, 0.25) is 5.91 Å². The minimum Gasteiger partial charge on any atom is -0.354 e. The highest BCUT2D eigenvalue weighted by atomic mass is 35.5. The zero-order chi connectivity index (χ0) is 22.4. The zero-order valence-electron chi connectivity index (χ0n) is 16.2. The molecular formula is C21H18ClN3O5S. The standard InChI is InChI=1S/C21H18ClN3O5S/c22-16-8-6-15(12-17(16)25(29)30)13-18-20(27)24(21(28)31-18)11-10-23-19(26)9-7-14-4-2-1-3-5-14/h1-6,8,12-13H,7,9-11H2,(H,23,26)/b18-13-. The highest BCUT2D eigenvalue weighted by Crippen LogP contribution is 2.33. The van der Waals surface area contributed by atoms with E-state index >= 15 is 0 Å². The van der Waals surface area contributed by atoms with Crippen molar-refractivity contribution >= 4 is 52.2 Å². The number of amides is 3. The molecule has 0 bridgehead atoms.